The summed E-state index contributed by atoms with van der Waals surface area (Å²) in [5.41, 5.74) is 5.94. The summed E-state index contributed by atoms with van der Waals surface area (Å²) in [6, 6.07) is 0.789. The molecule has 7 nitrogen and oxygen atoms in total. The van der Waals surface area contributed by atoms with E-state index in [-0.39, 0.29) is 18.1 Å². The first-order chi connectivity index (χ1) is 9.13. The van der Waals surface area contributed by atoms with E-state index in [1.807, 2.05) is 0 Å². The van der Waals surface area contributed by atoms with Gasteiger partial charge in [0.15, 0.2) is 0 Å². The molecule has 0 spiro atoms. The molecule has 19 heavy (non-hydrogen) atoms. The average molecular weight is 267 g/mol. The second-order valence-corrected chi connectivity index (χ2v) is 4.79. The van der Waals surface area contributed by atoms with Gasteiger partial charge in [0.1, 0.15) is 0 Å². The Bertz CT molecular complexity index is 396. The van der Waals surface area contributed by atoms with Crippen molar-refractivity contribution in [2.24, 2.45) is 11.7 Å². The number of hydrogen-bond donors (Lipinski definition) is 1. The van der Waals surface area contributed by atoms with Crippen LogP contribution in [-0.2, 0) is 0 Å². The van der Waals surface area contributed by atoms with Gasteiger partial charge in [0.2, 0.25) is 5.95 Å². The molecular formula is C12H21N5O2. The van der Waals surface area contributed by atoms with Gasteiger partial charge < -0.3 is 20.1 Å². The van der Waals surface area contributed by atoms with Crippen molar-refractivity contribution in [3.05, 3.63) is 0 Å². The smallest absolute Gasteiger partial charge is 0.324 e. The minimum Gasteiger partial charge on any atom is -0.467 e. The van der Waals surface area contributed by atoms with Crippen LogP contribution in [0.1, 0.15) is 19.8 Å². The van der Waals surface area contributed by atoms with E-state index in [4.69, 9.17) is 15.2 Å². The van der Waals surface area contributed by atoms with Crippen LogP contribution in [0.4, 0.5) is 5.95 Å². The molecule has 106 valence electrons. The van der Waals surface area contributed by atoms with Crippen LogP contribution in [0.25, 0.3) is 0 Å². The first-order valence-corrected chi connectivity index (χ1v) is 6.48. The highest BCUT2D eigenvalue weighted by Crippen LogP contribution is 2.24. The number of rotatable bonds is 4. The van der Waals surface area contributed by atoms with Crippen molar-refractivity contribution in [1.82, 2.24) is 15.0 Å². The lowest BCUT2D eigenvalue weighted by molar-refractivity contribution is 0.331. The van der Waals surface area contributed by atoms with E-state index in [1.165, 1.54) is 14.2 Å². The number of ether oxygens (including phenoxy) is 2. The molecule has 1 aromatic heterocycles. The molecule has 7 heteroatoms. The second kappa shape index (κ2) is 6.01. The fourth-order valence-electron chi connectivity index (χ4n) is 2.28. The molecule has 1 fully saturated rings. The van der Waals surface area contributed by atoms with Gasteiger partial charge in [0.05, 0.1) is 14.2 Å². The Morgan fingerprint density at radius 1 is 1.11 bits per heavy atom. The molecule has 1 atom stereocenters. The molecule has 2 N–H and O–H groups in total. The maximum atomic E-state index is 5.94. The van der Waals surface area contributed by atoms with Crippen LogP contribution < -0.4 is 20.1 Å². The van der Waals surface area contributed by atoms with Crippen LogP contribution in [0.2, 0.25) is 0 Å². The van der Waals surface area contributed by atoms with Crippen molar-refractivity contribution in [2.75, 3.05) is 32.2 Å². The van der Waals surface area contributed by atoms with Crippen molar-refractivity contribution in [1.29, 1.82) is 0 Å². The first kappa shape index (κ1) is 13.8. The zero-order valence-corrected chi connectivity index (χ0v) is 11.7. The SMILES string of the molecule is COc1nc(OC)nc(N2CCC(C(C)N)CC2)n1. The molecule has 1 aliphatic rings. The molecule has 0 aliphatic carbocycles. The lowest BCUT2D eigenvalue weighted by atomic mass is 9.91. The number of anilines is 1. The Labute approximate surface area is 113 Å². The van der Waals surface area contributed by atoms with Crippen LogP contribution >= 0.6 is 0 Å². The molecule has 2 heterocycles. The Morgan fingerprint density at radius 3 is 2.05 bits per heavy atom. The summed E-state index contributed by atoms with van der Waals surface area (Å²) < 4.78 is 10.1. The summed E-state index contributed by atoms with van der Waals surface area (Å²) in [5.74, 6) is 1.17. The zero-order valence-electron chi connectivity index (χ0n) is 11.7. The highest BCUT2D eigenvalue weighted by molar-refractivity contribution is 5.32. The number of hydrogen-bond acceptors (Lipinski definition) is 7. The Hall–Kier alpha value is -1.63. The highest BCUT2D eigenvalue weighted by atomic mass is 16.5. The first-order valence-electron chi connectivity index (χ1n) is 6.48. The van der Waals surface area contributed by atoms with Crippen LogP contribution in [0.15, 0.2) is 0 Å². The third-order valence-corrected chi connectivity index (χ3v) is 3.51. The largest absolute Gasteiger partial charge is 0.467 e. The third kappa shape index (κ3) is 3.23. The van der Waals surface area contributed by atoms with Gasteiger partial charge in [-0.25, -0.2) is 0 Å². The third-order valence-electron chi connectivity index (χ3n) is 3.51. The number of methoxy groups -OCH3 is 2. The number of nitrogens with zero attached hydrogens (tertiary/aromatic N) is 4. The van der Waals surface area contributed by atoms with Crippen molar-refractivity contribution in [2.45, 2.75) is 25.8 Å². The Morgan fingerprint density at radius 2 is 1.63 bits per heavy atom. The predicted octanol–water partition coefficient (Wildman–Crippen LogP) is 0.452. The number of aromatic nitrogens is 3. The van der Waals surface area contributed by atoms with E-state index in [2.05, 4.69) is 26.8 Å². The lowest BCUT2D eigenvalue weighted by Gasteiger charge is -2.33. The summed E-state index contributed by atoms with van der Waals surface area (Å²) in [5, 5.41) is 0. The van der Waals surface area contributed by atoms with Crippen LogP contribution in [0.3, 0.4) is 0 Å². The van der Waals surface area contributed by atoms with Gasteiger partial charge in [0.25, 0.3) is 0 Å². The minimum atomic E-state index is 0.240. The van der Waals surface area contributed by atoms with Crippen molar-refractivity contribution in [3.63, 3.8) is 0 Å². The molecule has 0 amide bonds. The van der Waals surface area contributed by atoms with Crippen LogP contribution in [0, 0.1) is 5.92 Å². The molecule has 0 radical (unpaired) electrons. The fraction of sp³-hybridized carbons (Fsp3) is 0.750. The van der Waals surface area contributed by atoms with Gasteiger partial charge in [-0.2, -0.15) is 9.97 Å². The molecule has 1 unspecified atom stereocenters. The maximum absolute atomic E-state index is 5.94. The summed E-state index contributed by atoms with van der Waals surface area (Å²) in [7, 11) is 3.06. The molecule has 2 rings (SSSR count). The van der Waals surface area contributed by atoms with Gasteiger partial charge in [-0.3, -0.25) is 0 Å². The molecule has 1 saturated heterocycles. The van der Waals surface area contributed by atoms with E-state index in [0.717, 1.165) is 25.9 Å². The normalized spacial score (nSPS) is 18.2. The van der Waals surface area contributed by atoms with E-state index < -0.39 is 0 Å². The number of nitrogens with two attached hydrogens (primary N) is 1. The minimum absolute atomic E-state index is 0.240. The molecule has 0 bridgehead atoms. The van der Waals surface area contributed by atoms with Gasteiger partial charge in [0, 0.05) is 19.1 Å². The van der Waals surface area contributed by atoms with Gasteiger partial charge in [-0.05, 0) is 25.7 Å². The topological polar surface area (TPSA) is 86.4 Å². The Kier molecular flexibility index (Phi) is 4.36. The molecule has 1 aliphatic heterocycles. The second-order valence-electron chi connectivity index (χ2n) is 4.79. The maximum Gasteiger partial charge on any atom is 0.324 e. The van der Waals surface area contributed by atoms with E-state index in [0.29, 0.717) is 11.9 Å². The van der Waals surface area contributed by atoms with Gasteiger partial charge in [-0.15, -0.1) is 4.98 Å². The monoisotopic (exact) mass is 267 g/mol. The van der Waals surface area contributed by atoms with Gasteiger partial charge in [-0.1, -0.05) is 0 Å². The summed E-state index contributed by atoms with van der Waals surface area (Å²) in [6.45, 7) is 3.85. The van der Waals surface area contributed by atoms with E-state index in [1.54, 1.807) is 0 Å². The summed E-state index contributed by atoms with van der Waals surface area (Å²) in [6.07, 6.45) is 2.10. The predicted molar refractivity (Wildman–Crippen MR) is 71.5 cm³/mol. The molecule has 0 aromatic carbocycles. The lowest BCUT2D eigenvalue weighted by Crippen LogP contribution is -2.40. The van der Waals surface area contributed by atoms with Crippen molar-refractivity contribution in [3.8, 4) is 12.0 Å². The molecule has 1 aromatic rings. The van der Waals surface area contributed by atoms with Crippen LogP contribution in [-0.4, -0.2) is 48.3 Å². The van der Waals surface area contributed by atoms with Crippen molar-refractivity contribution < 1.29 is 9.47 Å². The van der Waals surface area contributed by atoms with Crippen molar-refractivity contribution >= 4 is 5.95 Å². The van der Waals surface area contributed by atoms with Gasteiger partial charge >= 0.3 is 12.0 Å². The quantitative estimate of drug-likeness (QED) is 0.847. The summed E-state index contributed by atoms with van der Waals surface area (Å²) >= 11 is 0. The average Bonchev–Trinajstić information content (AvgIpc) is 2.46. The molecule has 0 saturated carbocycles. The highest BCUT2D eigenvalue weighted by Gasteiger charge is 2.24. The Balaban J connectivity index is 2.10. The number of piperidine rings is 1. The zero-order chi connectivity index (χ0) is 13.8. The standard InChI is InChI=1S/C12H21N5O2/c1-8(13)9-4-6-17(7-5-9)10-14-11(18-2)16-12(15-10)19-3/h8-9H,4-7,13H2,1-3H3. The fourth-order valence-corrected chi connectivity index (χ4v) is 2.28. The molecular weight excluding hydrogens is 246 g/mol. The van der Waals surface area contributed by atoms with E-state index in [9.17, 15) is 0 Å². The summed E-state index contributed by atoms with van der Waals surface area (Å²) in [4.78, 5) is 14.6. The van der Waals surface area contributed by atoms with E-state index >= 15 is 0 Å². The van der Waals surface area contributed by atoms with Crippen LogP contribution in [0.5, 0.6) is 12.0 Å².